The van der Waals surface area contributed by atoms with Crippen LogP contribution in [0.4, 0.5) is 0 Å². The Hall–Kier alpha value is -2.17. The summed E-state index contributed by atoms with van der Waals surface area (Å²) >= 11 is 5.74. The molecule has 0 fully saturated rings. The van der Waals surface area contributed by atoms with Crippen LogP contribution in [0.5, 0.6) is 11.5 Å². The molecule has 5 heteroatoms. The van der Waals surface area contributed by atoms with Crippen LogP contribution in [-0.2, 0) is 0 Å². The fourth-order valence-electron chi connectivity index (χ4n) is 1.09. The minimum absolute atomic E-state index is 0.0520. The maximum absolute atomic E-state index is 9.46. The number of hydrogen-bond acceptors (Lipinski definition) is 4. The maximum Gasteiger partial charge on any atom is 0.176 e. The Bertz CT molecular complexity index is 508. The van der Waals surface area contributed by atoms with Crippen molar-refractivity contribution < 1.29 is 9.84 Å². The zero-order valence-corrected chi connectivity index (χ0v) is 9.12. The van der Waals surface area contributed by atoms with Crippen LogP contribution in [0.3, 0.4) is 0 Å². The SMILES string of the molecule is COc1cc(C=C(C#N)C#N)cc(Cl)c1O. The highest BCUT2D eigenvalue weighted by Gasteiger charge is 2.08. The molecule has 4 nitrogen and oxygen atoms in total. The Morgan fingerprint density at radius 3 is 2.56 bits per heavy atom. The molecule has 0 saturated carbocycles. The van der Waals surface area contributed by atoms with Gasteiger partial charge in [-0.3, -0.25) is 0 Å². The summed E-state index contributed by atoms with van der Waals surface area (Å²) < 4.78 is 4.89. The lowest BCUT2D eigenvalue weighted by molar-refractivity contribution is 0.373. The molecule has 1 N–H and O–H groups in total. The van der Waals surface area contributed by atoms with Crippen molar-refractivity contribution >= 4 is 17.7 Å². The first-order valence-electron chi connectivity index (χ1n) is 4.20. The second-order valence-corrected chi connectivity index (χ2v) is 3.24. The van der Waals surface area contributed by atoms with E-state index in [-0.39, 0.29) is 22.1 Å². The Morgan fingerprint density at radius 2 is 2.06 bits per heavy atom. The molecule has 1 rings (SSSR count). The second kappa shape index (κ2) is 5.06. The minimum Gasteiger partial charge on any atom is -0.503 e. The van der Waals surface area contributed by atoms with Gasteiger partial charge in [-0.25, -0.2) is 0 Å². The number of allylic oxidation sites excluding steroid dienone is 1. The summed E-state index contributed by atoms with van der Waals surface area (Å²) in [5.74, 6) is 0.0192. The third kappa shape index (κ3) is 2.44. The second-order valence-electron chi connectivity index (χ2n) is 2.84. The fourth-order valence-corrected chi connectivity index (χ4v) is 1.31. The number of ether oxygens (including phenoxy) is 1. The quantitative estimate of drug-likeness (QED) is 0.798. The van der Waals surface area contributed by atoms with Gasteiger partial charge >= 0.3 is 0 Å². The topological polar surface area (TPSA) is 77.0 Å². The first-order chi connectivity index (χ1) is 7.62. The molecule has 0 bridgehead atoms. The number of nitriles is 2. The van der Waals surface area contributed by atoms with Crippen molar-refractivity contribution in [2.75, 3.05) is 7.11 Å². The number of phenols is 1. The van der Waals surface area contributed by atoms with E-state index in [0.29, 0.717) is 5.56 Å². The summed E-state index contributed by atoms with van der Waals surface area (Å²) in [4.78, 5) is 0. The molecular formula is C11H7ClN2O2. The molecule has 0 spiro atoms. The Labute approximate surface area is 97.6 Å². The summed E-state index contributed by atoms with van der Waals surface area (Å²) in [6, 6.07) is 6.37. The average molecular weight is 235 g/mol. The molecule has 0 aromatic heterocycles. The number of phenolic OH excluding ortho intramolecular Hbond substituents is 1. The van der Waals surface area contributed by atoms with Gasteiger partial charge in [0.05, 0.1) is 12.1 Å². The molecule has 0 aliphatic carbocycles. The molecule has 0 atom stereocenters. The average Bonchev–Trinajstić information content (AvgIpc) is 2.30. The van der Waals surface area contributed by atoms with Gasteiger partial charge < -0.3 is 9.84 Å². The van der Waals surface area contributed by atoms with Crippen LogP contribution in [0, 0.1) is 22.7 Å². The maximum atomic E-state index is 9.46. The number of halogens is 1. The van der Waals surface area contributed by atoms with Crippen molar-refractivity contribution in [3.05, 3.63) is 28.3 Å². The Balaban J connectivity index is 3.29. The molecule has 1 aromatic rings. The summed E-state index contributed by atoms with van der Waals surface area (Å²) in [5, 5.41) is 26.7. The molecule has 0 heterocycles. The lowest BCUT2D eigenvalue weighted by atomic mass is 10.1. The third-order valence-corrected chi connectivity index (χ3v) is 2.11. The van der Waals surface area contributed by atoms with Crippen molar-refractivity contribution in [2.24, 2.45) is 0 Å². The molecule has 0 aliphatic heterocycles. The van der Waals surface area contributed by atoms with E-state index in [2.05, 4.69) is 0 Å². The van der Waals surface area contributed by atoms with Crippen molar-refractivity contribution in [3.8, 4) is 23.6 Å². The van der Waals surface area contributed by atoms with Crippen molar-refractivity contribution in [1.82, 2.24) is 0 Å². The van der Waals surface area contributed by atoms with Gasteiger partial charge in [-0.15, -0.1) is 0 Å². The van der Waals surface area contributed by atoms with E-state index in [1.54, 1.807) is 12.1 Å². The van der Waals surface area contributed by atoms with Gasteiger partial charge in [0.25, 0.3) is 0 Å². The van der Waals surface area contributed by atoms with Crippen LogP contribution < -0.4 is 4.74 Å². The molecule has 80 valence electrons. The number of rotatable bonds is 2. The van der Waals surface area contributed by atoms with Crippen molar-refractivity contribution in [3.63, 3.8) is 0 Å². The number of nitrogens with zero attached hydrogens (tertiary/aromatic N) is 2. The van der Waals surface area contributed by atoms with E-state index in [1.165, 1.54) is 25.3 Å². The van der Waals surface area contributed by atoms with E-state index in [4.69, 9.17) is 26.9 Å². The van der Waals surface area contributed by atoms with Gasteiger partial charge in [-0.1, -0.05) is 11.6 Å². The van der Waals surface area contributed by atoms with Gasteiger partial charge in [0.1, 0.15) is 17.7 Å². The smallest absolute Gasteiger partial charge is 0.176 e. The van der Waals surface area contributed by atoms with E-state index >= 15 is 0 Å². The third-order valence-electron chi connectivity index (χ3n) is 1.82. The molecule has 0 aliphatic rings. The monoisotopic (exact) mass is 234 g/mol. The van der Waals surface area contributed by atoms with Crippen molar-refractivity contribution in [1.29, 1.82) is 10.5 Å². The van der Waals surface area contributed by atoms with Crippen molar-refractivity contribution in [2.45, 2.75) is 0 Å². The number of hydrogen-bond donors (Lipinski definition) is 1. The summed E-state index contributed by atoms with van der Waals surface area (Å²) in [5.41, 5.74) is 0.460. The molecule has 0 saturated heterocycles. The number of methoxy groups -OCH3 is 1. The lowest BCUT2D eigenvalue weighted by Gasteiger charge is -2.06. The van der Waals surface area contributed by atoms with Crippen LogP contribution >= 0.6 is 11.6 Å². The first-order valence-corrected chi connectivity index (χ1v) is 4.58. The zero-order chi connectivity index (χ0) is 12.1. The van der Waals surface area contributed by atoms with Crippen LogP contribution in [0.2, 0.25) is 5.02 Å². The lowest BCUT2D eigenvalue weighted by Crippen LogP contribution is -1.86. The van der Waals surface area contributed by atoms with E-state index in [1.807, 2.05) is 0 Å². The van der Waals surface area contributed by atoms with Crippen LogP contribution in [-0.4, -0.2) is 12.2 Å². The first kappa shape index (κ1) is 11.9. The molecule has 1 aromatic carbocycles. The summed E-state index contributed by atoms with van der Waals surface area (Å²) in [7, 11) is 1.38. The van der Waals surface area contributed by atoms with Gasteiger partial charge in [-0.05, 0) is 23.8 Å². The predicted molar refractivity (Wildman–Crippen MR) is 58.9 cm³/mol. The van der Waals surface area contributed by atoms with E-state index in [0.717, 1.165) is 0 Å². The highest BCUT2D eigenvalue weighted by Crippen LogP contribution is 2.35. The largest absolute Gasteiger partial charge is 0.503 e. The Kier molecular flexibility index (Phi) is 3.77. The van der Waals surface area contributed by atoms with Gasteiger partial charge in [0, 0.05) is 0 Å². The number of benzene rings is 1. The van der Waals surface area contributed by atoms with Gasteiger partial charge in [0.15, 0.2) is 11.5 Å². The Morgan fingerprint density at radius 1 is 1.44 bits per heavy atom. The van der Waals surface area contributed by atoms with E-state index < -0.39 is 0 Å². The van der Waals surface area contributed by atoms with Gasteiger partial charge in [-0.2, -0.15) is 10.5 Å². The zero-order valence-electron chi connectivity index (χ0n) is 8.36. The minimum atomic E-state index is -0.170. The number of aromatic hydroxyl groups is 1. The van der Waals surface area contributed by atoms with E-state index in [9.17, 15) is 5.11 Å². The molecular weight excluding hydrogens is 228 g/mol. The predicted octanol–water partition coefficient (Wildman–Crippen LogP) is 2.48. The standard InChI is InChI=1S/C11H7ClN2O2/c1-16-10-4-7(2-8(5-13)6-14)3-9(12)11(10)15/h2-4,15H,1H3. The summed E-state index contributed by atoms with van der Waals surface area (Å²) in [6.07, 6.45) is 1.36. The van der Waals surface area contributed by atoms with Crippen LogP contribution in [0.15, 0.2) is 17.7 Å². The normalized spacial score (nSPS) is 8.75. The highest BCUT2D eigenvalue weighted by molar-refractivity contribution is 6.32. The highest BCUT2D eigenvalue weighted by atomic mass is 35.5. The molecule has 0 unspecified atom stereocenters. The molecule has 16 heavy (non-hydrogen) atoms. The molecule has 0 amide bonds. The van der Waals surface area contributed by atoms with Crippen LogP contribution in [0.25, 0.3) is 6.08 Å². The molecule has 0 radical (unpaired) electrons. The van der Waals surface area contributed by atoms with Gasteiger partial charge in [0.2, 0.25) is 0 Å². The van der Waals surface area contributed by atoms with Crippen LogP contribution in [0.1, 0.15) is 5.56 Å². The fraction of sp³-hybridized carbons (Fsp3) is 0.0909. The summed E-state index contributed by atoms with van der Waals surface area (Å²) in [6.45, 7) is 0.